The monoisotopic (exact) mass is 405 g/mol. The number of halogens is 1. The zero-order chi connectivity index (χ0) is 20.0. The third-order valence-electron chi connectivity index (χ3n) is 5.03. The summed E-state index contributed by atoms with van der Waals surface area (Å²) in [5.41, 5.74) is 7.56. The Morgan fingerprint density at radius 2 is 2.07 bits per heavy atom. The van der Waals surface area contributed by atoms with Crippen molar-refractivity contribution in [1.82, 2.24) is 15.0 Å². The Balaban J connectivity index is 1.75. The smallest absolute Gasteiger partial charge is 0.223 e. The molecule has 6 N–H and O–H groups in total. The molecule has 0 spiro atoms. The minimum atomic E-state index is -1.08. The number of aromatic nitrogens is 3. The van der Waals surface area contributed by atoms with Gasteiger partial charge in [0.15, 0.2) is 5.58 Å². The molecule has 0 amide bonds. The molecule has 28 heavy (non-hydrogen) atoms. The third kappa shape index (κ3) is 3.26. The van der Waals surface area contributed by atoms with Crippen LogP contribution in [0.15, 0.2) is 22.7 Å². The molecule has 1 fully saturated rings. The lowest BCUT2D eigenvalue weighted by atomic mass is 10.1. The van der Waals surface area contributed by atoms with Crippen LogP contribution in [-0.2, 0) is 0 Å². The predicted molar refractivity (Wildman–Crippen MR) is 104 cm³/mol. The Morgan fingerprint density at radius 1 is 1.29 bits per heavy atom. The number of hydrogen-bond acceptors (Lipinski definition) is 9. The third-order valence-corrected chi connectivity index (χ3v) is 5.30. The van der Waals surface area contributed by atoms with Crippen LogP contribution in [0.3, 0.4) is 0 Å². The molecule has 0 aliphatic heterocycles. The molecule has 10 heteroatoms. The number of nitrogens with two attached hydrogens (primary N) is 1. The maximum Gasteiger partial charge on any atom is 0.223 e. The topological polar surface area (TPSA) is 151 Å². The number of rotatable bonds is 4. The number of nitrogens with one attached hydrogen (secondary N) is 1. The number of fused-ring (bicyclic) bond motifs is 1. The molecule has 0 radical (unpaired) electrons. The number of aryl methyl sites for hydroxylation is 1. The zero-order valence-electron chi connectivity index (χ0n) is 15.0. The minimum Gasteiger partial charge on any atom is -0.454 e. The highest BCUT2D eigenvalue weighted by atomic mass is 35.5. The Kier molecular flexibility index (Phi) is 4.84. The van der Waals surface area contributed by atoms with E-state index in [2.05, 4.69) is 20.3 Å². The van der Waals surface area contributed by atoms with E-state index in [1.807, 2.05) is 13.0 Å². The number of aliphatic hydroxyl groups excluding tert-OH is 3. The van der Waals surface area contributed by atoms with E-state index in [9.17, 15) is 15.3 Å². The zero-order valence-corrected chi connectivity index (χ0v) is 15.8. The van der Waals surface area contributed by atoms with Crippen molar-refractivity contribution in [2.24, 2.45) is 5.92 Å². The fourth-order valence-corrected chi connectivity index (χ4v) is 3.84. The van der Waals surface area contributed by atoms with Crippen molar-refractivity contribution in [1.29, 1.82) is 0 Å². The highest BCUT2D eigenvalue weighted by Gasteiger charge is 2.41. The van der Waals surface area contributed by atoms with E-state index in [4.69, 9.17) is 21.8 Å². The second kappa shape index (κ2) is 7.17. The summed E-state index contributed by atoms with van der Waals surface area (Å²) in [6.45, 7) is 1.65. The lowest BCUT2D eigenvalue weighted by Crippen LogP contribution is -2.35. The summed E-state index contributed by atoms with van der Waals surface area (Å²) in [4.78, 5) is 12.4. The molecule has 4 atom stereocenters. The number of hydrogen-bond donors (Lipinski definition) is 5. The van der Waals surface area contributed by atoms with E-state index in [1.165, 1.54) is 0 Å². The number of nitrogen functional groups attached to an aromatic ring is 1. The number of anilines is 2. The van der Waals surface area contributed by atoms with Gasteiger partial charge in [-0.25, -0.2) is 4.98 Å². The first-order valence-corrected chi connectivity index (χ1v) is 9.18. The van der Waals surface area contributed by atoms with E-state index >= 15 is 0 Å². The van der Waals surface area contributed by atoms with Crippen LogP contribution in [0.2, 0.25) is 5.15 Å². The van der Waals surface area contributed by atoms with Gasteiger partial charge in [0.05, 0.1) is 23.9 Å². The Bertz CT molecular complexity index is 1030. The van der Waals surface area contributed by atoms with Gasteiger partial charge in [-0.1, -0.05) is 11.6 Å². The largest absolute Gasteiger partial charge is 0.454 e. The fourth-order valence-electron chi connectivity index (χ4n) is 3.58. The standard InChI is InChI=1S/C18H20ClN5O4/c1-7-2-8-4-11(28-12(8)5-21-7)13-16(19)23-18(20)24-17(13)22-10-3-9(6-25)14(26)15(10)27/h2,4-5,9-10,14-15,25-27H,3,6H2,1H3,(H3,20,22,23,24)/t9-,10?,14-,15+/m1/s1. The minimum absolute atomic E-state index is 0.0448. The van der Waals surface area contributed by atoms with Crippen molar-refractivity contribution >= 4 is 34.3 Å². The van der Waals surface area contributed by atoms with Crippen molar-refractivity contribution in [2.75, 3.05) is 17.7 Å². The second-order valence-electron chi connectivity index (χ2n) is 6.98. The maximum atomic E-state index is 10.3. The Hall–Kier alpha value is -2.46. The van der Waals surface area contributed by atoms with Gasteiger partial charge in [-0.2, -0.15) is 4.98 Å². The van der Waals surface area contributed by atoms with Crippen molar-refractivity contribution in [3.8, 4) is 11.3 Å². The average molecular weight is 406 g/mol. The Morgan fingerprint density at radius 3 is 2.79 bits per heavy atom. The van der Waals surface area contributed by atoms with Crippen LogP contribution in [0, 0.1) is 12.8 Å². The van der Waals surface area contributed by atoms with E-state index in [-0.39, 0.29) is 23.5 Å². The lowest BCUT2D eigenvalue weighted by molar-refractivity contribution is 0.00446. The van der Waals surface area contributed by atoms with Crippen LogP contribution >= 0.6 is 11.6 Å². The molecule has 0 aromatic carbocycles. The summed E-state index contributed by atoms with van der Waals surface area (Å²) in [5, 5.41) is 33.8. The summed E-state index contributed by atoms with van der Waals surface area (Å²) < 4.78 is 5.87. The van der Waals surface area contributed by atoms with Gasteiger partial charge in [0.2, 0.25) is 5.95 Å². The molecule has 3 heterocycles. The molecule has 148 valence electrons. The van der Waals surface area contributed by atoms with Gasteiger partial charge < -0.3 is 30.8 Å². The van der Waals surface area contributed by atoms with Crippen molar-refractivity contribution in [3.05, 3.63) is 29.2 Å². The number of aliphatic hydroxyl groups is 3. The van der Waals surface area contributed by atoms with Gasteiger partial charge in [-0.3, -0.25) is 4.98 Å². The van der Waals surface area contributed by atoms with Crippen LogP contribution in [0.1, 0.15) is 12.1 Å². The van der Waals surface area contributed by atoms with E-state index in [1.54, 1.807) is 12.3 Å². The van der Waals surface area contributed by atoms with Crippen LogP contribution in [0.4, 0.5) is 11.8 Å². The maximum absolute atomic E-state index is 10.3. The SMILES string of the molecule is Cc1cc2cc(-c3c(Cl)nc(N)nc3NC3C[C@H](CO)[C@@H](O)[C@H]3O)oc2cn1. The second-order valence-corrected chi connectivity index (χ2v) is 7.34. The van der Waals surface area contributed by atoms with E-state index < -0.39 is 24.2 Å². The van der Waals surface area contributed by atoms with E-state index in [0.29, 0.717) is 23.3 Å². The van der Waals surface area contributed by atoms with Crippen LogP contribution in [0.25, 0.3) is 22.3 Å². The van der Waals surface area contributed by atoms with Gasteiger partial charge in [0.1, 0.15) is 22.8 Å². The molecule has 3 aromatic heterocycles. The average Bonchev–Trinajstić information content (AvgIpc) is 3.16. The molecule has 0 saturated heterocycles. The van der Waals surface area contributed by atoms with Crippen LogP contribution in [-0.4, -0.2) is 55.1 Å². The normalized spacial score (nSPS) is 24.8. The first-order valence-electron chi connectivity index (χ1n) is 8.80. The lowest BCUT2D eigenvalue weighted by Gasteiger charge is -2.20. The number of nitrogens with zero attached hydrogens (tertiary/aromatic N) is 3. The highest BCUT2D eigenvalue weighted by Crippen LogP contribution is 2.38. The van der Waals surface area contributed by atoms with Gasteiger partial charge in [0.25, 0.3) is 0 Å². The van der Waals surface area contributed by atoms with E-state index in [0.717, 1.165) is 11.1 Å². The Labute approximate surface area is 165 Å². The number of pyridine rings is 1. The predicted octanol–water partition coefficient (Wildman–Crippen LogP) is 1.34. The fraction of sp³-hybridized carbons (Fsp3) is 0.389. The number of furan rings is 1. The molecular weight excluding hydrogens is 386 g/mol. The van der Waals surface area contributed by atoms with Crippen LogP contribution < -0.4 is 11.1 Å². The highest BCUT2D eigenvalue weighted by molar-refractivity contribution is 6.32. The first kappa shape index (κ1) is 18.9. The molecule has 1 unspecified atom stereocenters. The molecule has 1 aliphatic carbocycles. The van der Waals surface area contributed by atoms with Crippen molar-refractivity contribution in [2.45, 2.75) is 31.6 Å². The summed E-state index contributed by atoms with van der Waals surface area (Å²) in [6, 6.07) is 3.13. The van der Waals surface area contributed by atoms with Gasteiger partial charge in [0, 0.05) is 23.6 Å². The van der Waals surface area contributed by atoms with Crippen LogP contribution in [0.5, 0.6) is 0 Å². The molecule has 9 nitrogen and oxygen atoms in total. The van der Waals surface area contributed by atoms with Crippen molar-refractivity contribution < 1.29 is 19.7 Å². The molecule has 1 aliphatic rings. The summed E-state index contributed by atoms with van der Waals surface area (Å²) in [5.74, 6) is 0.209. The first-order chi connectivity index (χ1) is 13.4. The van der Waals surface area contributed by atoms with Gasteiger partial charge >= 0.3 is 0 Å². The summed E-state index contributed by atoms with van der Waals surface area (Å²) in [7, 11) is 0. The van der Waals surface area contributed by atoms with Gasteiger partial charge in [-0.15, -0.1) is 0 Å². The summed E-state index contributed by atoms with van der Waals surface area (Å²) in [6.07, 6.45) is -0.150. The van der Waals surface area contributed by atoms with Gasteiger partial charge in [-0.05, 0) is 25.5 Å². The summed E-state index contributed by atoms with van der Waals surface area (Å²) >= 11 is 6.34. The molecule has 0 bridgehead atoms. The quantitative estimate of drug-likeness (QED) is 0.405. The molecular formula is C18H20ClN5O4. The molecule has 1 saturated carbocycles. The molecule has 3 aromatic rings. The molecule has 4 rings (SSSR count). The van der Waals surface area contributed by atoms with Crippen molar-refractivity contribution in [3.63, 3.8) is 0 Å².